The number of anilines is 1. The summed E-state index contributed by atoms with van der Waals surface area (Å²) in [5.41, 5.74) is 5.48. The van der Waals surface area contributed by atoms with E-state index in [-0.39, 0.29) is 0 Å². The van der Waals surface area contributed by atoms with Crippen LogP contribution in [-0.4, -0.2) is 23.3 Å². The molecule has 1 aromatic rings. The molecular weight excluding hydrogens is 203 g/mol. The SMILES string of the molecule is [CH2+]C1(C)OB(c2ccnc(N)c2)OC1(C)C. The maximum absolute atomic E-state index is 5.84. The van der Waals surface area contributed by atoms with E-state index in [1.165, 1.54) is 0 Å². The molecule has 2 rings (SSSR count). The lowest BCUT2D eigenvalue weighted by molar-refractivity contribution is 0.0262. The molecule has 0 saturated carbocycles. The first-order valence-electron chi connectivity index (χ1n) is 5.24. The van der Waals surface area contributed by atoms with Gasteiger partial charge in [0.15, 0.2) is 0 Å². The first-order chi connectivity index (χ1) is 7.32. The summed E-state index contributed by atoms with van der Waals surface area (Å²) in [6.45, 7) is 9.87. The summed E-state index contributed by atoms with van der Waals surface area (Å²) in [6, 6.07) is 3.58. The summed E-state index contributed by atoms with van der Waals surface area (Å²) in [6.07, 6.45) is 1.64. The van der Waals surface area contributed by atoms with Gasteiger partial charge in [-0.1, -0.05) is 0 Å². The van der Waals surface area contributed by atoms with Gasteiger partial charge < -0.3 is 15.0 Å². The second-order valence-electron chi connectivity index (χ2n) is 4.82. The molecule has 1 aromatic heterocycles. The van der Waals surface area contributed by atoms with E-state index in [1.807, 2.05) is 26.8 Å². The molecule has 2 heterocycles. The summed E-state index contributed by atoms with van der Waals surface area (Å²) < 4.78 is 11.6. The molecule has 1 saturated heterocycles. The summed E-state index contributed by atoms with van der Waals surface area (Å²) >= 11 is 0. The van der Waals surface area contributed by atoms with Crippen LogP contribution in [0.2, 0.25) is 0 Å². The van der Waals surface area contributed by atoms with Crippen molar-refractivity contribution >= 4 is 18.4 Å². The summed E-state index contributed by atoms with van der Waals surface area (Å²) in [5, 5.41) is 0. The first-order valence-corrected chi connectivity index (χ1v) is 5.24. The summed E-state index contributed by atoms with van der Waals surface area (Å²) in [5.74, 6) is 0.458. The molecule has 0 bridgehead atoms. The van der Waals surface area contributed by atoms with Crippen LogP contribution in [0.15, 0.2) is 18.3 Å². The summed E-state index contributed by atoms with van der Waals surface area (Å²) in [4.78, 5) is 3.93. The standard InChI is InChI=1S/C11H16BN2O2/c1-10(2)11(3,4)16-12(15-10)8-5-6-14-9(13)7-8/h5-7H,1H2,2-4H3,(H2,13,14)/q+1. The van der Waals surface area contributed by atoms with Crippen LogP contribution < -0.4 is 11.2 Å². The van der Waals surface area contributed by atoms with Crippen LogP contribution in [0.25, 0.3) is 0 Å². The van der Waals surface area contributed by atoms with Crippen LogP contribution in [0.4, 0.5) is 5.82 Å². The fourth-order valence-electron chi connectivity index (χ4n) is 1.54. The average molecular weight is 219 g/mol. The lowest BCUT2D eigenvalue weighted by atomic mass is 9.80. The second kappa shape index (κ2) is 3.40. The molecular formula is C11H16BN2O2+. The van der Waals surface area contributed by atoms with Crippen LogP contribution in [0.1, 0.15) is 20.8 Å². The van der Waals surface area contributed by atoms with Gasteiger partial charge in [0.25, 0.3) is 0 Å². The third-order valence-corrected chi connectivity index (χ3v) is 3.12. The van der Waals surface area contributed by atoms with Crippen LogP contribution in [0.5, 0.6) is 0 Å². The summed E-state index contributed by atoms with van der Waals surface area (Å²) in [7, 11) is -0.428. The average Bonchev–Trinajstić information content (AvgIpc) is 2.36. The van der Waals surface area contributed by atoms with Crippen molar-refractivity contribution < 1.29 is 9.31 Å². The van der Waals surface area contributed by atoms with E-state index in [0.717, 1.165) is 5.46 Å². The molecule has 1 unspecified atom stereocenters. The van der Waals surface area contributed by atoms with Crippen molar-refractivity contribution in [3.05, 3.63) is 25.3 Å². The van der Waals surface area contributed by atoms with Crippen LogP contribution in [0, 0.1) is 6.92 Å². The molecule has 5 heteroatoms. The zero-order chi connectivity index (χ0) is 12.0. The van der Waals surface area contributed by atoms with Crippen molar-refractivity contribution in [2.45, 2.75) is 32.0 Å². The normalized spacial score (nSPS) is 28.3. The van der Waals surface area contributed by atoms with E-state index < -0.39 is 18.3 Å². The molecule has 0 aromatic carbocycles. The number of nitrogens with two attached hydrogens (primary N) is 1. The molecule has 0 amide bonds. The van der Waals surface area contributed by atoms with Crippen molar-refractivity contribution in [2.24, 2.45) is 0 Å². The molecule has 0 aliphatic carbocycles. The molecule has 16 heavy (non-hydrogen) atoms. The molecule has 1 aliphatic heterocycles. The maximum atomic E-state index is 5.84. The van der Waals surface area contributed by atoms with E-state index in [9.17, 15) is 0 Å². The van der Waals surface area contributed by atoms with E-state index in [4.69, 9.17) is 15.0 Å². The zero-order valence-electron chi connectivity index (χ0n) is 9.86. The number of rotatable bonds is 1. The third-order valence-electron chi connectivity index (χ3n) is 3.12. The van der Waals surface area contributed by atoms with Gasteiger partial charge in [-0.2, -0.15) is 0 Å². The van der Waals surface area contributed by atoms with Gasteiger partial charge in [-0.3, -0.25) is 0 Å². The largest absolute Gasteiger partial charge is 0.498 e. The van der Waals surface area contributed by atoms with Gasteiger partial charge in [-0.05, 0) is 31.4 Å². The van der Waals surface area contributed by atoms with E-state index in [0.29, 0.717) is 5.82 Å². The Hall–Kier alpha value is -1.20. The van der Waals surface area contributed by atoms with Gasteiger partial charge in [-0.25, -0.2) is 4.98 Å². The second-order valence-corrected chi connectivity index (χ2v) is 4.82. The maximum Gasteiger partial charge on any atom is 0.498 e. The highest BCUT2D eigenvalue weighted by atomic mass is 16.7. The highest BCUT2D eigenvalue weighted by molar-refractivity contribution is 6.62. The van der Waals surface area contributed by atoms with Crippen molar-refractivity contribution in [1.82, 2.24) is 4.98 Å². The zero-order valence-corrected chi connectivity index (χ0v) is 9.86. The fourth-order valence-corrected chi connectivity index (χ4v) is 1.54. The van der Waals surface area contributed by atoms with Gasteiger partial charge in [0, 0.05) is 13.1 Å². The Kier molecular flexibility index (Phi) is 2.40. The Labute approximate surface area is 96.3 Å². The van der Waals surface area contributed by atoms with Crippen molar-refractivity contribution in [3.63, 3.8) is 0 Å². The topological polar surface area (TPSA) is 57.4 Å². The number of hydrogen-bond donors (Lipinski definition) is 1. The van der Waals surface area contributed by atoms with Crippen molar-refractivity contribution in [2.75, 3.05) is 5.73 Å². The Morgan fingerprint density at radius 3 is 2.56 bits per heavy atom. The Bertz CT molecular complexity index is 391. The molecule has 1 aliphatic rings. The van der Waals surface area contributed by atoms with Gasteiger partial charge >= 0.3 is 7.12 Å². The number of pyridine rings is 1. The molecule has 1 fully saturated rings. The lowest BCUT2D eigenvalue weighted by Gasteiger charge is -2.25. The van der Waals surface area contributed by atoms with E-state index in [1.54, 1.807) is 12.3 Å². The van der Waals surface area contributed by atoms with Gasteiger partial charge in [-0.15, -0.1) is 0 Å². The Balaban J connectivity index is 2.27. The molecule has 0 radical (unpaired) electrons. The van der Waals surface area contributed by atoms with E-state index >= 15 is 0 Å². The smallest absolute Gasteiger partial charge is 0.395 e. The van der Waals surface area contributed by atoms with Gasteiger partial charge in [0.05, 0.1) is 6.92 Å². The number of aromatic nitrogens is 1. The van der Waals surface area contributed by atoms with Crippen LogP contribution >= 0.6 is 0 Å². The predicted molar refractivity (Wildman–Crippen MR) is 64.0 cm³/mol. The Morgan fingerprint density at radius 2 is 2.06 bits per heavy atom. The van der Waals surface area contributed by atoms with Gasteiger partial charge in [0.2, 0.25) is 5.60 Å². The molecule has 2 N–H and O–H groups in total. The van der Waals surface area contributed by atoms with Crippen molar-refractivity contribution in [3.8, 4) is 0 Å². The predicted octanol–water partition coefficient (Wildman–Crippen LogP) is 0.777. The fraction of sp³-hybridized carbons (Fsp3) is 0.455. The minimum atomic E-state index is -0.574. The molecule has 1 atom stereocenters. The lowest BCUT2D eigenvalue weighted by Crippen LogP contribution is -2.42. The highest BCUT2D eigenvalue weighted by Crippen LogP contribution is 2.36. The monoisotopic (exact) mass is 219 g/mol. The minimum Gasteiger partial charge on any atom is -0.395 e. The highest BCUT2D eigenvalue weighted by Gasteiger charge is 2.57. The minimum absolute atomic E-state index is 0.428. The van der Waals surface area contributed by atoms with Crippen LogP contribution in [0.3, 0.4) is 0 Å². The van der Waals surface area contributed by atoms with E-state index in [2.05, 4.69) is 11.9 Å². The van der Waals surface area contributed by atoms with Crippen LogP contribution in [-0.2, 0) is 9.31 Å². The third kappa shape index (κ3) is 1.76. The number of hydrogen-bond acceptors (Lipinski definition) is 4. The molecule has 84 valence electrons. The molecule has 0 spiro atoms. The van der Waals surface area contributed by atoms with Crippen molar-refractivity contribution in [1.29, 1.82) is 0 Å². The molecule has 4 nitrogen and oxygen atoms in total. The Morgan fingerprint density at radius 1 is 1.38 bits per heavy atom. The number of nitrogen functional groups attached to an aromatic ring is 1. The quantitative estimate of drug-likeness (QED) is 0.560. The first kappa shape index (κ1) is 11.3. The number of nitrogens with zero attached hydrogens (tertiary/aromatic N) is 1. The van der Waals surface area contributed by atoms with Gasteiger partial charge in [0.1, 0.15) is 11.4 Å².